The van der Waals surface area contributed by atoms with Crippen LogP contribution < -0.4 is 10.5 Å². The summed E-state index contributed by atoms with van der Waals surface area (Å²) in [4.78, 5) is 0. The Kier molecular flexibility index (Phi) is 1.63. The van der Waals surface area contributed by atoms with Crippen molar-refractivity contribution in [2.24, 2.45) is 0 Å². The van der Waals surface area contributed by atoms with E-state index in [-0.39, 0.29) is 11.0 Å². The number of rotatable bonds is 0. The van der Waals surface area contributed by atoms with Crippen LogP contribution in [0.5, 0.6) is 5.75 Å². The lowest BCUT2D eigenvalue weighted by Gasteiger charge is -2.33. The molecule has 0 bridgehead atoms. The molecule has 0 unspecified atom stereocenters. The van der Waals surface area contributed by atoms with Crippen molar-refractivity contribution < 1.29 is 4.74 Å². The molecule has 0 atom stereocenters. The van der Waals surface area contributed by atoms with Crippen molar-refractivity contribution in [3.63, 3.8) is 0 Å². The summed E-state index contributed by atoms with van der Waals surface area (Å²) in [5.74, 6) is 0.863. The Morgan fingerprint density at radius 1 is 1.14 bits per heavy atom. The molecule has 2 heteroatoms. The Hall–Kier alpha value is -1.18. The minimum Gasteiger partial charge on any atom is -0.484 e. The molecule has 2 nitrogen and oxygen atoms in total. The van der Waals surface area contributed by atoms with Gasteiger partial charge in [-0.05, 0) is 19.9 Å². The lowest BCUT2D eigenvalue weighted by Crippen LogP contribution is -2.41. The first-order chi connectivity index (χ1) is 6.36. The van der Waals surface area contributed by atoms with Gasteiger partial charge in [0.05, 0.1) is 5.69 Å². The van der Waals surface area contributed by atoms with E-state index < -0.39 is 0 Å². The third-order valence-corrected chi connectivity index (χ3v) is 3.58. The van der Waals surface area contributed by atoms with E-state index in [9.17, 15) is 0 Å². The van der Waals surface area contributed by atoms with Crippen LogP contribution in [0.25, 0.3) is 0 Å². The largest absolute Gasteiger partial charge is 0.484 e. The molecule has 0 saturated heterocycles. The van der Waals surface area contributed by atoms with Gasteiger partial charge in [-0.15, -0.1) is 0 Å². The number of ether oxygens (including phenoxy) is 1. The zero-order valence-corrected chi connectivity index (χ0v) is 9.22. The molecule has 0 amide bonds. The smallest absolute Gasteiger partial charge is 0.146 e. The number of nitrogens with two attached hydrogens (primary N) is 1. The van der Waals surface area contributed by atoms with Crippen molar-refractivity contribution in [2.75, 3.05) is 5.73 Å². The molecule has 0 aromatic heterocycles. The molecule has 2 N–H and O–H groups in total. The first-order valence-corrected chi connectivity index (χ1v) is 4.94. The standard InChI is InChI=1S/C12H17NO/c1-11(2)8-6-5-7-9(13)10(8)14-12(11,3)4/h5-7H,13H2,1-4H3. The third-order valence-electron chi connectivity index (χ3n) is 3.58. The highest BCUT2D eigenvalue weighted by molar-refractivity contribution is 5.62. The molecule has 14 heavy (non-hydrogen) atoms. The number of nitrogen functional groups attached to an aromatic ring is 1. The van der Waals surface area contributed by atoms with E-state index in [0.717, 1.165) is 11.4 Å². The first kappa shape index (κ1) is 9.38. The van der Waals surface area contributed by atoms with Crippen LogP contribution in [0.15, 0.2) is 18.2 Å². The molecule has 76 valence electrons. The topological polar surface area (TPSA) is 35.2 Å². The van der Waals surface area contributed by atoms with Gasteiger partial charge in [-0.3, -0.25) is 0 Å². The number of anilines is 1. The second-order valence-corrected chi connectivity index (χ2v) is 4.96. The Bertz CT molecular complexity index is 380. The molecule has 2 rings (SSSR count). The molecule has 1 aromatic carbocycles. The molecule has 0 fully saturated rings. The van der Waals surface area contributed by atoms with Crippen LogP contribution in [-0.4, -0.2) is 5.60 Å². The summed E-state index contributed by atoms with van der Waals surface area (Å²) in [5.41, 5.74) is 7.66. The van der Waals surface area contributed by atoms with Gasteiger partial charge in [0.15, 0.2) is 0 Å². The van der Waals surface area contributed by atoms with Gasteiger partial charge in [-0.2, -0.15) is 0 Å². The van der Waals surface area contributed by atoms with E-state index in [0.29, 0.717) is 0 Å². The second-order valence-electron chi connectivity index (χ2n) is 4.96. The number of hydrogen-bond donors (Lipinski definition) is 1. The summed E-state index contributed by atoms with van der Waals surface area (Å²) in [6, 6.07) is 5.97. The fourth-order valence-electron chi connectivity index (χ4n) is 1.87. The molecule has 0 spiro atoms. The van der Waals surface area contributed by atoms with Crippen molar-refractivity contribution in [2.45, 2.75) is 38.7 Å². The minimum absolute atomic E-state index is 0.0116. The van der Waals surface area contributed by atoms with Gasteiger partial charge < -0.3 is 10.5 Å². The summed E-state index contributed by atoms with van der Waals surface area (Å²) in [6.45, 7) is 8.59. The lowest BCUT2D eigenvalue weighted by atomic mass is 9.74. The molecule has 1 aliphatic rings. The van der Waals surface area contributed by atoms with E-state index >= 15 is 0 Å². The van der Waals surface area contributed by atoms with Crippen LogP contribution in [0, 0.1) is 0 Å². The zero-order valence-electron chi connectivity index (χ0n) is 9.22. The van der Waals surface area contributed by atoms with Gasteiger partial charge in [0, 0.05) is 11.0 Å². The maximum absolute atomic E-state index is 5.92. The van der Waals surface area contributed by atoms with Gasteiger partial charge in [0.1, 0.15) is 11.4 Å². The lowest BCUT2D eigenvalue weighted by molar-refractivity contribution is 0.0718. The molecule has 1 aliphatic heterocycles. The highest BCUT2D eigenvalue weighted by Gasteiger charge is 2.48. The van der Waals surface area contributed by atoms with E-state index in [1.165, 1.54) is 5.56 Å². The number of para-hydroxylation sites is 1. The molecule has 1 aromatic rings. The van der Waals surface area contributed by atoms with Crippen molar-refractivity contribution in [1.29, 1.82) is 0 Å². The van der Waals surface area contributed by atoms with Crippen LogP contribution in [0.4, 0.5) is 5.69 Å². The quantitative estimate of drug-likeness (QED) is 0.640. The zero-order chi connectivity index (χ0) is 10.6. The highest BCUT2D eigenvalue weighted by atomic mass is 16.5. The summed E-state index contributed by atoms with van der Waals surface area (Å²) >= 11 is 0. The van der Waals surface area contributed by atoms with Gasteiger partial charge in [-0.25, -0.2) is 0 Å². The normalized spacial score (nSPS) is 21.4. The van der Waals surface area contributed by atoms with Crippen LogP contribution in [0.3, 0.4) is 0 Å². The fraction of sp³-hybridized carbons (Fsp3) is 0.500. The van der Waals surface area contributed by atoms with E-state index in [1.54, 1.807) is 0 Å². The average molecular weight is 191 g/mol. The number of benzene rings is 1. The molecular weight excluding hydrogens is 174 g/mol. The Morgan fingerprint density at radius 3 is 2.36 bits per heavy atom. The molecule has 0 aliphatic carbocycles. The fourth-order valence-corrected chi connectivity index (χ4v) is 1.87. The van der Waals surface area contributed by atoms with Crippen LogP contribution in [0.2, 0.25) is 0 Å². The van der Waals surface area contributed by atoms with Crippen LogP contribution in [-0.2, 0) is 5.41 Å². The summed E-state index contributed by atoms with van der Waals surface area (Å²) in [6.07, 6.45) is 0. The van der Waals surface area contributed by atoms with E-state index in [4.69, 9.17) is 10.5 Å². The van der Waals surface area contributed by atoms with Crippen LogP contribution in [0.1, 0.15) is 33.3 Å². The second kappa shape index (κ2) is 2.44. The van der Waals surface area contributed by atoms with Crippen molar-refractivity contribution in [3.8, 4) is 5.75 Å². The summed E-state index contributed by atoms with van der Waals surface area (Å²) < 4.78 is 5.92. The highest BCUT2D eigenvalue weighted by Crippen LogP contribution is 2.50. The molecular formula is C12H17NO. The monoisotopic (exact) mass is 191 g/mol. The maximum Gasteiger partial charge on any atom is 0.146 e. The predicted octanol–water partition coefficient (Wildman–Crippen LogP) is 2.72. The van der Waals surface area contributed by atoms with Gasteiger partial charge in [-0.1, -0.05) is 26.0 Å². The maximum atomic E-state index is 5.92. The Labute approximate surface area is 85.1 Å². The minimum atomic E-state index is -0.190. The van der Waals surface area contributed by atoms with Gasteiger partial charge in [0.2, 0.25) is 0 Å². The first-order valence-electron chi connectivity index (χ1n) is 4.94. The summed E-state index contributed by atoms with van der Waals surface area (Å²) in [5, 5.41) is 0. The van der Waals surface area contributed by atoms with E-state index in [2.05, 4.69) is 33.8 Å². The molecule has 0 radical (unpaired) electrons. The summed E-state index contributed by atoms with van der Waals surface area (Å²) in [7, 11) is 0. The van der Waals surface area contributed by atoms with Gasteiger partial charge in [0.25, 0.3) is 0 Å². The predicted molar refractivity (Wildman–Crippen MR) is 58.6 cm³/mol. The van der Waals surface area contributed by atoms with Crippen molar-refractivity contribution in [1.82, 2.24) is 0 Å². The number of fused-ring (bicyclic) bond motifs is 1. The molecule has 0 saturated carbocycles. The average Bonchev–Trinajstić information content (AvgIpc) is 2.24. The van der Waals surface area contributed by atoms with Crippen LogP contribution >= 0.6 is 0 Å². The molecule has 1 heterocycles. The van der Waals surface area contributed by atoms with Crippen molar-refractivity contribution in [3.05, 3.63) is 23.8 Å². The SMILES string of the molecule is CC1(C)Oc2c(N)cccc2C1(C)C. The third kappa shape index (κ3) is 0.969. The van der Waals surface area contributed by atoms with E-state index in [1.807, 2.05) is 12.1 Å². The van der Waals surface area contributed by atoms with Gasteiger partial charge >= 0.3 is 0 Å². The van der Waals surface area contributed by atoms with Crippen molar-refractivity contribution >= 4 is 5.69 Å². The Balaban J connectivity index is 2.66. The number of hydrogen-bond acceptors (Lipinski definition) is 2. The Morgan fingerprint density at radius 2 is 1.79 bits per heavy atom.